The van der Waals surface area contributed by atoms with E-state index in [0.717, 1.165) is 35.2 Å². The molecule has 6 heteroatoms. The topological polar surface area (TPSA) is 72.4 Å². The molecule has 0 bridgehead atoms. The third kappa shape index (κ3) is 2.70. The number of pyridine rings is 1. The van der Waals surface area contributed by atoms with Crippen LogP contribution in [-0.4, -0.2) is 20.3 Å². The van der Waals surface area contributed by atoms with Gasteiger partial charge in [-0.1, -0.05) is 12.1 Å². The number of oxazole rings is 1. The maximum atomic E-state index is 12.9. The molecule has 0 fully saturated rings. The summed E-state index contributed by atoms with van der Waals surface area (Å²) in [6, 6.07) is 10.1. The monoisotopic (exact) mass is 358 g/mol. The molecule has 0 saturated carbocycles. The highest BCUT2D eigenvalue weighted by Gasteiger charge is 2.26. The molecular weight excluding hydrogens is 340 g/mol. The summed E-state index contributed by atoms with van der Waals surface area (Å²) in [5.41, 5.74) is 5.75. The number of aromatic nitrogens is 3. The van der Waals surface area contributed by atoms with Crippen LogP contribution in [0.4, 0.5) is 0 Å². The highest BCUT2D eigenvalue weighted by molar-refractivity contribution is 5.93. The number of amides is 1. The van der Waals surface area contributed by atoms with Crippen molar-refractivity contribution in [2.75, 3.05) is 0 Å². The maximum absolute atomic E-state index is 12.9. The normalized spacial score (nSPS) is 15.8. The second-order valence-corrected chi connectivity index (χ2v) is 6.89. The van der Waals surface area contributed by atoms with Gasteiger partial charge in [-0.25, -0.2) is 9.97 Å². The lowest BCUT2D eigenvalue weighted by Gasteiger charge is -2.14. The number of aryl methyl sites for hydroxylation is 2. The molecule has 134 valence electrons. The van der Waals surface area contributed by atoms with Crippen molar-refractivity contribution in [3.8, 4) is 11.5 Å². The van der Waals surface area contributed by atoms with Crippen molar-refractivity contribution in [3.05, 3.63) is 77.6 Å². The summed E-state index contributed by atoms with van der Waals surface area (Å²) in [5, 5.41) is 3.16. The average Bonchev–Trinajstić information content (AvgIpc) is 3.41. The van der Waals surface area contributed by atoms with Gasteiger partial charge in [0.15, 0.2) is 0 Å². The number of fused-ring (bicyclic) bond motifs is 2. The molecule has 5 rings (SSSR count). The van der Waals surface area contributed by atoms with E-state index >= 15 is 0 Å². The molecule has 1 N–H and O–H groups in total. The Morgan fingerprint density at radius 3 is 3.04 bits per heavy atom. The van der Waals surface area contributed by atoms with Gasteiger partial charge in [-0.15, -0.1) is 0 Å². The van der Waals surface area contributed by atoms with Gasteiger partial charge in [0, 0.05) is 11.8 Å². The molecule has 4 aromatic rings. The van der Waals surface area contributed by atoms with E-state index in [1.807, 2.05) is 35.7 Å². The Morgan fingerprint density at radius 2 is 2.19 bits per heavy atom. The van der Waals surface area contributed by atoms with Crippen molar-refractivity contribution in [2.24, 2.45) is 0 Å². The van der Waals surface area contributed by atoms with Gasteiger partial charge in [0.25, 0.3) is 5.91 Å². The van der Waals surface area contributed by atoms with E-state index in [9.17, 15) is 4.79 Å². The van der Waals surface area contributed by atoms with Crippen LogP contribution in [0, 0.1) is 6.92 Å². The summed E-state index contributed by atoms with van der Waals surface area (Å²) < 4.78 is 7.22. The van der Waals surface area contributed by atoms with Gasteiger partial charge in [-0.05, 0) is 54.7 Å². The maximum Gasteiger partial charge on any atom is 0.270 e. The number of nitrogens with zero attached hydrogens (tertiary/aromatic N) is 3. The predicted molar refractivity (Wildman–Crippen MR) is 100 cm³/mol. The Kier molecular flexibility index (Phi) is 3.57. The molecule has 0 radical (unpaired) electrons. The number of imidazole rings is 1. The molecule has 6 nitrogen and oxygen atoms in total. The van der Waals surface area contributed by atoms with Crippen LogP contribution in [0.3, 0.4) is 0 Å². The molecule has 1 atom stereocenters. The molecule has 0 unspecified atom stereocenters. The first-order valence-electron chi connectivity index (χ1n) is 8.96. The van der Waals surface area contributed by atoms with E-state index in [-0.39, 0.29) is 11.9 Å². The van der Waals surface area contributed by atoms with E-state index in [1.54, 1.807) is 18.7 Å². The molecule has 3 heterocycles. The molecule has 1 aromatic carbocycles. The first-order chi connectivity index (χ1) is 13.2. The van der Waals surface area contributed by atoms with Crippen LogP contribution in [0.2, 0.25) is 0 Å². The fourth-order valence-electron chi connectivity index (χ4n) is 3.75. The number of carbonyl (C=O) groups excluding carboxylic acids is 1. The Bertz CT molecular complexity index is 1140. The standard InChI is InChI=1S/C21H18N4O2/c1-13-2-7-19-23-11-18(25(19)12-13)20(26)24-17-6-4-14-10-15(3-5-16(14)17)21-22-8-9-27-21/h2-3,5,7-12,17H,4,6H2,1H3,(H,24,26)/t17-/m1/s1. The van der Waals surface area contributed by atoms with E-state index in [2.05, 4.69) is 27.4 Å². The zero-order valence-corrected chi connectivity index (χ0v) is 14.8. The molecule has 0 aliphatic heterocycles. The molecular formula is C21H18N4O2. The number of hydrogen-bond acceptors (Lipinski definition) is 4. The Labute approximate surface area is 155 Å². The molecule has 0 spiro atoms. The van der Waals surface area contributed by atoms with Crippen molar-refractivity contribution in [1.29, 1.82) is 0 Å². The van der Waals surface area contributed by atoms with Gasteiger partial charge in [-0.2, -0.15) is 0 Å². The van der Waals surface area contributed by atoms with Gasteiger partial charge in [-0.3, -0.25) is 9.20 Å². The minimum atomic E-state index is -0.109. The molecule has 0 saturated heterocycles. The quantitative estimate of drug-likeness (QED) is 0.606. The second kappa shape index (κ2) is 6.09. The second-order valence-electron chi connectivity index (χ2n) is 6.89. The first kappa shape index (κ1) is 15.8. The zero-order valence-electron chi connectivity index (χ0n) is 14.8. The highest BCUT2D eigenvalue weighted by atomic mass is 16.3. The third-order valence-electron chi connectivity index (χ3n) is 5.09. The average molecular weight is 358 g/mol. The van der Waals surface area contributed by atoms with E-state index in [4.69, 9.17) is 4.42 Å². The summed E-state index contributed by atoms with van der Waals surface area (Å²) in [5.74, 6) is 0.508. The summed E-state index contributed by atoms with van der Waals surface area (Å²) in [7, 11) is 0. The van der Waals surface area contributed by atoms with E-state index in [1.165, 1.54) is 5.56 Å². The van der Waals surface area contributed by atoms with Crippen LogP contribution in [0.1, 0.15) is 39.6 Å². The van der Waals surface area contributed by atoms with Crippen LogP contribution >= 0.6 is 0 Å². The van der Waals surface area contributed by atoms with Gasteiger partial charge in [0.2, 0.25) is 5.89 Å². The number of carbonyl (C=O) groups is 1. The van der Waals surface area contributed by atoms with E-state index < -0.39 is 0 Å². The predicted octanol–water partition coefficient (Wildman–Crippen LogP) is 3.72. The minimum absolute atomic E-state index is 0.00136. The fourth-order valence-corrected chi connectivity index (χ4v) is 3.75. The van der Waals surface area contributed by atoms with Gasteiger partial charge in [0.1, 0.15) is 17.6 Å². The first-order valence-corrected chi connectivity index (χ1v) is 8.96. The number of hydrogen-bond donors (Lipinski definition) is 1. The lowest BCUT2D eigenvalue weighted by molar-refractivity contribution is 0.0931. The Hall–Kier alpha value is -3.41. The van der Waals surface area contributed by atoms with Crippen molar-refractivity contribution in [1.82, 2.24) is 19.7 Å². The molecule has 1 amide bonds. The summed E-state index contributed by atoms with van der Waals surface area (Å²) in [6.07, 6.45) is 8.58. The van der Waals surface area contributed by atoms with Crippen molar-refractivity contribution < 1.29 is 9.21 Å². The Morgan fingerprint density at radius 1 is 1.26 bits per heavy atom. The summed E-state index contributed by atoms with van der Waals surface area (Å²) >= 11 is 0. The van der Waals surface area contributed by atoms with Gasteiger partial charge >= 0.3 is 0 Å². The smallest absolute Gasteiger partial charge is 0.270 e. The molecule has 27 heavy (non-hydrogen) atoms. The lowest BCUT2D eigenvalue weighted by Crippen LogP contribution is -2.28. The fraction of sp³-hybridized carbons (Fsp3) is 0.190. The van der Waals surface area contributed by atoms with Crippen LogP contribution in [-0.2, 0) is 6.42 Å². The van der Waals surface area contributed by atoms with Crippen molar-refractivity contribution in [3.63, 3.8) is 0 Å². The SMILES string of the molecule is Cc1ccc2ncc(C(=O)N[C@@H]3CCc4cc(-c5ncco5)ccc43)n2c1. The number of benzene rings is 1. The highest BCUT2D eigenvalue weighted by Crippen LogP contribution is 2.34. The number of nitrogens with one attached hydrogen (secondary N) is 1. The molecule has 1 aliphatic carbocycles. The van der Waals surface area contributed by atoms with Crippen LogP contribution in [0.5, 0.6) is 0 Å². The van der Waals surface area contributed by atoms with Crippen LogP contribution < -0.4 is 5.32 Å². The van der Waals surface area contributed by atoms with Crippen LogP contribution in [0.15, 0.2) is 59.6 Å². The van der Waals surface area contributed by atoms with Gasteiger partial charge in [0.05, 0.1) is 18.4 Å². The van der Waals surface area contributed by atoms with Crippen molar-refractivity contribution in [2.45, 2.75) is 25.8 Å². The largest absolute Gasteiger partial charge is 0.445 e. The van der Waals surface area contributed by atoms with Crippen LogP contribution in [0.25, 0.3) is 17.1 Å². The van der Waals surface area contributed by atoms with Gasteiger partial charge < -0.3 is 9.73 Å². The van der Waals surface area contributed by atoms with E-state index in [0.29, 0.717) is 11.6 Å². The van der Waals surface area contributed by atoms with Crippen molar-refractivity contribution >= 4 is 11.6 Å². The third-order valence-corrected chi connectivity index (χ3v) is 5.09. The minimum Gasteiger partial charge on any atom is -0.445 e. The Balaban J connectivity index is 1.41. The molecule has 1 aliphatic rings. The summed E-state index contributed by atoms with van der Waals surface area (Å²) in [6.45, 7) is 2.00. The molecule has 3 aromatic heterocycles. The number of rotatable bonds is 3. The zero-order chi connectivity index (χ0) is 18.4. The lowest BCUT2D eigenvalue weighted by atomic mass is 10.0. The summed E-state index contributed by atoms with van der Waals surface area (Å²) in [4.78, 5) is 21.4.